The second kappa shape index (κ2) is 5.94. The summed E-state index contributed by atoms with van der Waals surface area (Å²) in [6.45, 7) is 1.13. The lowest BCUT2D eigenvalue weighted by atomic mass is 10.1. The predicted octanol–water partition coefficient (Wildman–Crippen LogP) is 2.85. The lowest BCUT2D eigenvalue weighted by Crippen LogP contribution is -2.20. The van der Waals surface area contributed by atoms with Gasteiger partial charge in [-0.05, 0) is 17.7 Å². The number of hydroxylamine groups is 1. The summed E-state index contributed by atoms with van der Waals surface area (Å²) >= 11 is 0. The van der Waals surface area contributed by atoms with Crippen molar-refractivity contribution < 1.29 is 14.3 Å². The summed E-state index contributed by atoms with van der Waals surface area (Å²) in [5.74, 6) is 1.66. The minimum atomic E-state index is 0.0816. The summed E-state index contributed by atoms with van der Waals surface area (Å²) in [5.41, 5.74) is 5.15. The van der Waals surface area contributed by atoms with Gasteiger partial charge in [-0.3, -0.25) is 0 Å². The molecule has 0 amide bonds. The molecule has 0 fully saturated rings. The van der Waals surface area contributed by atoms with Gasteiger partial charge in [0.1, 0.15) is 24.7 Å². The predicted molar refractivity (Wildman–Crippen MR) is 75.6 cm³/mol. The lowest BCUT2D eigenvalue weighted by Gasteiger charge is -2.10. The van der Waals surface area contributed by atoms with Crippen LogP contribution in [0.2, 0.25) is 0 Å². The third-order valence-corrected chi connectivity index (χ3v) is 3.27. The Morgan fingerprint density at radius 1 is 1.20 bits per heavy atom. The minimum Gasteiger partial charge on any atom is -0.491 e. The molecule has 1 atom stereocenters. The normalized spacial score (nSPS) is 16.6. The van der Waals surface area contributed by atoms with Crippen molar-refractivity contribution in [2.24, 2.45) is 0 Å². The number of ether oxygens (including phenoxy) is 2. The van der Waals surface area contributed by atoms with Gasteiger partial charge in [0.2, 0.25) is 0 Å². The number of hydrogen-bond acceptors (Lipinski definition) is 4. The van der Waals surface area contributed by atoms with Crippen molar-refractivity contribution in [1.29, 1.82) is 0 Å². The molecule has 4 nitrogen and oxygen atoms in total. The fraction of sp³-hybridized carbons (Fsp3) is 0.250. The average Bonchev–Trinajstić information content (AvgIpc) is 2.89. The van der Waals surface area contributed by atoms with E-state index in [0.29, 0.717) is 13.2 Å². The van der Waals surface area contributed by atoms with E-state index in [1.54, 1.807) is 7.11 Å². The summed E-state index contributed by atoms with van der Waals surface area (Å²) in [7, 11) is 1.61. The average molecular weight is 271 g/mol. The fourth-order valence-electron chi connectivity index (χ4n) is 2.26. The Kier molecular flexibility index (Phi) is 3.85. The first-order valence-corrected chi connectivity index (χ1v) is 6.59. The highest BCUT2D eigenvalue weighted by Crippen LogP contribution is 2.35. The van der Waals surface area contributed by atoms with E-state index < -0.39 is 0 Å². The standard InChI is InChI=1S/C16H17NO3/c1-18-17-15-11-20-16-9-13(7-8-14(15)16)19-10-12-5-3-2-4-6-12/h2-9,15,17H,10-11H2,1H3/t15-/m1/s1. The molecule has 0 aliphatic carbocycles. The molecule has 1 heterocycles. The fourth-order valence-corrected chi connectivity index (χ4v) is 2.26. The van der Waals surface area contributed by atoms with Crippen LogP contribution in [-0.4, -0.2) is 13.7 Å². The molecule has 0 radical (unpaired) electrons. The van der Waals surface area contributed by atoms with E-state index in [9.17, 15) is 0 Å². The molecule has 0 aromatic heterocycles. The van der Waals surface area contributed by atoms with Crippen molar-refractivity contribution in [2.45, 2.75) is 12.6 Å². The van der Waals surface area contributed by atoms with Crippen molar-refractivity contribution in [2.75, 3.05) is 13.7 Å². The highest BCUT2D eigenvalue weighted by molar-refractivity contribution is 5.44. The quantitative estimate of drug-likeness (QED) is 0.849. The van der Waals surface area contributed by atoms with E-state index in [-0.39, 0.29) is 6.04 Å². The van der Waals surface area contributed by atoms with E-state index in [1.807, 2.05) is 48.5 Å². The Morgan fingerprint density at radius 2 is 2.05 bits per heavy atom. The van der Waals surface area contributed by atoms with E-state index in [2.05, 4.69) is 5.48 Å². The van der Waals surface area contributed by atoms with Crippen LogP contribution < -0.4 is 15.0 Å². The zero-order valence-electron chi connectivity index (χ0n) is 11.3. The minimum absolute atomic E-state index is 0.0816. The third-order valence-electron chi connectivity index (χ3n) is 3.27. The molecule has 4 heteroatoms. The third kappa shape index (κ3) is 2.76. The molecule has 1 N–H and O–H groups in total. The Labute approximate surface area is 118 Å². The maximum absolute atomic E-state index is 5.78. The smallest absolute Gasteiger partial charge is 0.128 e. The molecule has 0 unspecified atom stereocenters. The van der Waals surface area contributed by atoms with Crippen LogP contribution >= 0.6 is 0 Å². The zero-order valence-corrected chi connectivity index (χ0v) is 11.3. The van der Waals surface area contributed by atoms with E-state index in [1.165, 1.54) is 0 Å². The highest BCUT2D eigenvalue weighted by atomic mass is 16.6. The Balaban J connectivity index is 1.68. The highest BCUT2D eigenvalue weighted by Gasteiger charge is 2.24. The summed E-state index contributed by atoms with van der Waals surface area (Å²) < 4.78 is 11.4. The van der Waals surface area contributed by atoms with Gasteiger partial charge in [-0.1, -0.05) is 30.3 Å². The van der Waals surface area contributed by atoms with Crippen LogP contribution in [0.3, 0.4) is 0 Å². The van der Waals surface area contributed by atoms with Gasteiger partial charge in [0.15, 0.2) is 0 Å². The Hall–Kier alpha value is -2.04. The van der Waals surface area contributed by atoms with E-state index in [0.717, 1.165) is 22.6 Å². The van der Waals surface area contributed by atoms with E-state index in [4.69, 9.17) is 14.3 Å². The van der Waals surface area contributed by atoms with Crippen LogP contribution in [0.4, 0.5) is 0 Å². The first kappa shape index (κ1) is 13.0. The maximum atomic E-state index is 5.78. The monoisotopic (exact) mass is 271 g/mol. The Bertz CT molecular complexity index is 571. The molecule has 3 rings (SSSR count). The second-order valence-electron chi connectivity index (χ2n) is 4.66. The summed E-state index contributed by atoms with van der Waals surface area (Å²) in [6.07, 6.45) is 0. The van der Waals surface area contributed by atoms with Crippen molar-refractivity contribution in [1.82, 2.24) is 5.48 Å². The number of hydrogen-bond donors (Lipinski definition) is 1. The van der Waals surface area contributed by atoms with Crippen LogP contribution in [0.5, 0.6) is 11.5 Å². The van der Waals surface area contributed by atoms with Gasteiger partial charge in [-0.25, -0.2) is 0 Å². The van der Waals surface area contributed by atoms with Crippen molar-refractivity contribution in [3.05, 3.63) is 59.7 Å². The number of benzene rings is 2. The first-order valence-electron chi connectivity index (χ1n) is 6.59. The molecular weight excluding hydrogens is 254 g/mol. The first-order chi connectivity index (χ1) is 9.86. The molecule has 1 aliphatic rings. The van der Waals surface area contributed by atoms with Gasteiger partial charge < -0.3 is 14.3 Å². The SMILES string of the molecule is CON[C@@H]1COc2cc(OCc3ccccc3)ccc21. The Morgan fingerprint density at radius 3 is 2.85 bits per heavy atom. The van der Waals surface area contributed by atoms with E-state index >= 15 is 0 Å². The molecule has 0 bridgehead atoms. The number of nitrogens with one attached hydrogen (secondary N) is 1. The van der Waals surface area contributed by atoms with Crippen LogP contribution in [0.1, 0.15) is 17.2 Å². The molecule has 20 heavy (non-hydrogen) atoms. The topological polar surface area (TPSA) is 39.7 Å². The van der Waals surface area contributed by atoms with Gasteiger partial charge in [0, 0.05) is 11.6 Å². The van der Waals surface area contributed by atoms with Crippen LogP contribution in [0.25, 0.3) is 0 Å². The van der Waals surface area contributed by atoms with Gasteiger partial charge >= 0.3 is 0 Å². The van der Waals surface area contributed by atoms with Crippen LogP contribution in [-0.2, 0) is 11.4 Å². The largest absolute Gasteiger partial charge is 0.491 e. The molecule has 0 spiro atoms. The zero-order chi connectivity index (χ0) is 13.8. The van der Waals surface area contributed by atoms with Gasteiger partial charge in [-0.15, -0.1) is 0 Å². The second-order valence-corrected chi connectivity index (χ2v) is 4.66. The lowest BCUT2D eigenvalue weighted by molar-refractivity contribution is 0.0536. The molecule has 0 saturated heterocycles. The summed E-state index contributed by atoms with van der Waals surface area (Å²) in [6, 6.07) is 16.1. The molecule has 2 aromatic rings. The molecule has 0 saturated carbocycles. The summed E-state index contributed by atoms with van der Waals surface area (Å²) in [4.78, 5) is 4.96. The van der Waals surface area contributed by atoms with Gasteiger partial charge in [0.25, 0.3) is 0 Å². The maximum Gasteiger partial charge on any atom is 0.128 e. The van der Waals surface area contributed by atoms with Gasteiger partial charge in [-0.2, -0.15) is 5.48 Å². The number of rotatable bonds is 5. The molecular formula is C16H17NO3. The van der Waals surface area contributed by atoms with Crippen LogP contribution in [0.15, 0.2) is 48.5 Å². The molecule has 1 aliphatic heterocycles. The van der Waals surface area contributed by atoms with Crippen LogP contribution in [0, 0.1) is 0 Å². The number of fused-ring (bicyclic) bond motifs is 1. The van der Waals surface area contributed by atoms with Crippen molar-refractivity contribution >= 4 is 0 Å². The van der Waals surface area contributed by atoms with Gasteiger partial charge in [0.05, 0.1) is 13.2 Å². The molecule has 2 aromatic carbocycles. The molecule has 104 valence electrons. The van der Waals surface area contributed by atoms with Crippen molar-refractivity contribution in [3.8, 4) is 11.5 Å². The summed E-state index contributed by atoms with van der Waals surface area (Å²) in [5, 5.41) is 0. The van der Waals surface area contributed by atoms with Crippen molar-refractivity contribution in [3.63, 3.8) is 0 Å².